The molecule has 1 fully saturated rings. The zero-order valence-electron chi connectivity index (χ0n) is 19.0. The number of fused-ring (bicyclic) bond motifs is 1. The third-order valence-electron chi connectivity index (χ3n) is 6.52. The van der Waals surface area contributed by atoms with Crippen LogP contribution in [0.1, 0.15) is 30.9 Å². The van der Waals surface area contributed by atoms with E-state index >= 15 is 0 Å². The Morgan fingerprint density at radius 3 is 3.00 bits per heavy atom. The van der Waals surface area contributed by atoms with Gasteiger partial charge in [-0.2, -0.15) is 0 Å². The number of ether oxygens (including phenoxy) is 1. The summed E-state index contributed by atoms with van der Waals surface area (Å²) >= 11 is 3.51. The number of nitrogens with zero attached hydrogens (tertiary/aromatic N) is 2. The first-order valence-corrected chi connectivity index (χ1v) is 13.2. The number of aliphatic hydroxyl groups is 1. The monoisotopic (exact) mass is 504 g/mol. The number of aliphatic carboxylic acids is 1. The number of pyridine rings is 1. The zero-order chi connectivity index (χ0) is 24.1. The molecule has 0 radical (unpaired) electrons. The number of aromatic nitrogens is 1. The molecule has 3 aromatic rings. The fourth-order valence-electron chi connectivity index (χ4n) is 4.67. The van der Waals surface area contributed by atoms with Crippen LogP contribution in [0.2, 0.25) is 0 Å². The van der Waals surface area contributed by atoms with Crippen molar-refractivity contribution in [3.05, 3.63) is 53.3 Å². The number of halogens is 1. The molecule has 1 aliphatic heterocycles. The van der Waals surface area contributed by atoms with Crippen LogP contribution in [0, 0.1) is 17.7 Å². The second-order valence-corrected chi connectivity index (χ2v) is 10.9. The molecule has 9 heteroatoms. The maximum absolute atomic E-state index is 14.7. The van der Waals surface area contributed by atoms with Gasteiger partial charge in [-0.25, -0.2) is 4.39 Å². The molecule has 2 aromatic heterocycles. The number of hydrogen-bond acceptors (Lipinski definition) is 7. The maximum Gasteiger partial charge on any atom is 0.308 e. The minimum atomic E-state index is -1.05. The number of carbonyl (C=O) groups is 1. The number of likely N-dealkylation sites (tertiary alicyclic amines) is 1. The zero-order valence-corrected chi connectivity index (χ0v) is 20.7. The minimum Gasteiger partial charge on any atom is -0.497 e. The largest absolute Gasteiger partial charge is 0.497 e. The molecule has 1 saturated heterocycles. The second kappa shape index (κ2) is 11.5. The smallest absolute Gasteiger partial charge is 0.308 e. The van der Waals surface area contributed by atoms with E-state index in [2.05, 4.69) is 21.3 Å². The number of rotatable bonds is 10. The lowest BCUT2D eigenvalue weighted by Gasteiger charge is -2.36. The Hall–Kier alpha value is -2.20. The minimum absolute atomic E-state index is 0.0564. The lowest BCUT2D eigenvalue weighted by molar-refractivity contribution is -0.146. The summed E-state index contributed by atoms with van der Waals surface area (Å²) in [4.78, 5) is 18.3. The van der Waals surface area contributed by atoms with E-state index in [1.54, 1.807) is 41.3 Å². The molecule has 0 bridgehead atoms. The number of methoxy groups -OCH3 is 1. The number of carboxylic acid groups (broad SMARTS) is 1. The topological polar surface area (TPSA) is 82.9 Å². The molecule has 34 heavy (non-hydrogen) atoms. The fourth-order valence-corrected chi connectivity index (χ4v) is 6.53. The van der Waals surface area contributed by atoms with Crippen molar-refractivity contribution in [1.29, 1.82) is 0 Å². The number of aliphatic hydroxyl groups excluding tert-OH is 1. The second-order valence-electron chi connectivity index (χ2n) is 8.57. The van der Waals surface area contributed by atoms with Gasteiger partial charge in [0.2, 0.25) is 0 Å². The first kappa shape index (κ1) is 24.9. The van der Waals surface area contributed by atoms with Crippen molar-refractivity contribution in [2.45, 2.75) is 29.6 Å². The van der Waals surface area contributed by atoms with E-state index in [-0.39, 0.29) is 17.9 Å². The van der Waals surface area contributed by atoms with E-state index in [0.29, 0.717) is 29.6 Å². The normalized spacial score (nSPS) is 19.9. The highest BCUT2D eigenvalue weighted by Gasteiger charge is 2.34. The summed E-state index contributed by atoms with van der Waals surface area (Å²) in [5.41, 5.74) is 0.771. The quantitative estimate of drug-likeness (QED) is 0.373. The number of thioether (sulfide) groups is 1. The molecule has 1 aromatic carbocycles. The molecule has 0 aliphatic carbocycles. The summed E-state index contributed by atoms with van der Waals surface area (Å²) in [7, 11) is 1.53. The van der Waals surface area contributed by atoms with Crippen LogP contribution in [-0.4, -0.2) is 58.6 Å². The molecule has 3 atom stereocenters. The predicted octanol–water partition coefficient (Wildman–Crippen LogP) is 5.07. The van der Waals surface area contributed by atoms with Crippen molar-refractivity contribution >= 4 is 40.0 Å². The Morgan fingerprint density at radius 1 is 1.41 bits per heavy atom. The number of piperidine rings is 1. The van der Waals surface area contributed by atoms with Crippen LogP contribution in [-0.2, 0) is 4.79 Å². The summed E-state index contributed by atoms with van der Waals surface area (Å²) in [6.07, 6.45) is 1.63. The van der Waals surface area contributed by atoms with E-state index in [0.717, 1.165) is 31.5 Å². The predicted molar refractivity (Wildman–Crippen MR) is 133 cm³/mol. The number of carboxylic acids is 1. The van der Waals surface area contributed by atoms with Gasteiger partial charge in [-0.3, -0.25) is 9.78 Å². The lowest BCUT2D eigenvalue weighted by Crippen LogP contribution is -2.44. The van der Waals surface area contributed by atoms with Crippen LogP contribution in [0.5, 0.6) is 5.75 Å². The van der Waals surface area contributed by atoms with E-state index in [4.69, 9.17) is 4.74 Å². The Morgan fingerprint density at radius 2 is 2.26 bits per heavy atom. The van der Waals surface area contributed by atoms with Crippen molar-refractivity contribution < 1.29 is 24.1 Å². The van der Waals surface area contributed by atoms with Gasteiger partial charge in [-0.15, -0.1) is 23.1 Å². The van der Waals surface area contributed by atoms with Gasteiger partial charge in [0.25, 0.3) is 0 Å². The standard InChI is InChI=1S/C25H29FN2O4S2/c1-32-17-5-6-21-18(13-17)24(20(26)14-27-21)22(29)7-4-16-8-9-28(15-19(16)25(30)31)10-12-34-23-3-2-11-33-23/h2-3,5-6,11,13-14,16,19,22,29H,4,7-10,12,15H2,1H3,(H,30,31)/t16?,19?,22-/m1/s1. The van der Waals surface area contributed by atoms with Crippen molar-refractivity contribution in [3.8, 4) is 5.75 Å². The first-order valence-electron chi connectivity index (χ1n) is 11.4. The SMILES string of the molecule is COc1ccc2ncc(F)c([C@H](O)CCC3CCN(CCSc4cccs4)CC3C(=O)O)c2c1. The van der Waals surface area contributed by atoms with E-state index in [9.17, 15) is 19.4 Å². The molecule has 3 heterocycles. The van der Waals surface area contributed by atoms with Crippen molar-refractivity contribution in [2.24, 2.45) is 11.8 Å². The highest BCUT2D eigenvalue weighted by Crippen LogP contribution is 2.35. The van der Waals surface area contributed by atoms with E-state index in [1.165, 1.54) is 11.3 Å². The van der Waals surface area contributed by atoms with E-state index in [1.807, 2.05) is 6.07 Å². The third-order valence-corrected chi connectivity index (χ3v) is 8.63. The molecule has 6 nitrogen and oxygen atoms in total. The summed E-state index contributed by atoms with van der Waals surface area (Å²) < 4.78 is 21.2. The highest BCUT2D eigenvalue weighted by molar-refractivity contribution is 8.01. The molecule has 2 unspecified atom stereocenters. The average Bonchev–Trinajstić information content (AvgIpc) is 3.36. The average molecular weight is 505 g/mol. The third kappa shape index (κ3) is 5.89. The van der Waals surface area contributed by atoms with Gasteiger partial charge in [-0.1, -0.05) is 6.07 Å². The van der Waals surface area contributed by atoms with Crippen molar-refractivity contribution in [3.63, 3.8) is 0 Å². The summed E-state index contributed by atoms with van der Waals surface area (Å²) in [5.74, 6) is -0.440. The van der Waals surface area contributed by atoms with Crippen LogP contribution in [0.25, 0.3) is 10.9 Å². The van der Waals surface area contributed by atoms with Crippen molar-refractivity contribution in [1.82, 2.24) is 9.88 Å². The van der Waals surface area contributed by atoms with Gasteiger partial charge < -0.3 is 19.8 Å². The molecule has 2 N–H and O–H groups in total. The van der Waals surface area contributed by atoms with Gasteiger partial charge in [0, 0.05) is 29.8 Å². The van der Waals surface area contributed by atoms with E-state index < -0.39 is 23.8 Å². The van der Waals surface area contributed by atoms with Crippen molar-refractivity contribution in [2.75, 3.05) is 32.5 Å². The Labute approximate surface area is 206 Å². The molecule has 182 valence electrons. The van der Waals surface area contributed by atoms with Gasteiger partial charge in [0.15, 0.2) is 0 Å². The Bertz CT molecular complexity index is 1110. The molecule has 4 rings (SSSR count). The first-order chi connectivity index (χ1) is 16.5. The molecular weight excluding hydrogens is 475 g/mol. The summed E-state index contributed by atoms with van der Waals surface area (Å²) in [6, 6.07) is 9.28. The van der Waals surface area contributed by atoms with Gasteiger partial charge in [0.05, 0.1) is 35.1 Å². The summed E-state index contributed by atoms with van der Waals surface area (Å²) in [5, 5.41) is 23.3. The molecule has 0 amide bonds. The Kier molecular flexibility index (Phi) is 8.41. The van der Waals surface area contributed by atoms with Gasteiger partial charge in [-0.05, 0) is 61.4 Å². The maximum atomic E-state index is 14.7. The van der Waals surface area contributed by atoms with Crippen LogP contribution in [0.15, 0.2) is 46.1 Å². The van der Waals surface area contributed by atoms with Crippen LogP contribution >= 0.6 is 23.1 Å². The number of hydrogen-bond donors (Lipinski definition) is 2. The fraction of sp³-hybridized carbons (Fsp3) is 0.440. The molecule has 0 spiro atoms. The summed E-state index contributed by atoms with van der Waals surface area (Å²) in [6.45, 7) is 2.18. The van der Waals surface area contributed by atoms with Gasteiger partial charge >= 0.3 is 5.97 Å². The Balaban J connectivity index is 1.38. The van der Waals surface area contributed by atoms with Gasteiger partial charge in [0.1, 0.15) is 11.6 Å². The number of benzene rings is 1. The van der Waals surface area contributed by atoms with Crippen LogP contribution in [0.4, 0.5) is 4.39 Å². The molecule has 1 aliphatic rings. The lowest BCUT2D eigenvalue weighted by atomic mass is 9.81. The molecular formula is C25H29FN2O4S2. The van der Waals surface area contributed by atoms with Crippen LogP contribution in [0.3, 0.4) is 0 Å². The van der Waals surface area contributed by atoms with Crippen LogP contribution < -0.4 is 4.74 Å². The molecule has 0 saturated carbocycles. The highest BCUT2D eigenvalue weighted by atomic mass is 32.2. The number of thiophene rings is 1.